The molecule has 0 bridgehead atoms. The van der Waals surface area contributed by atoms with Crippen LogP contribution in [0, 0.1) is 0 Å². The van der Waals surface area contributed by atoms with Crippen LogP contribution in [-0.2, 0) is 9.53 Å². The molecule has 0 aromatic rings. The highest BCUT2D eigenvalue weighted by atomic mass is 16.5. The van der Waals surface area contributed by atoms with E-state index in [1.165, 1.54) is 0 Å². The van der Waals surface area contributed by atoms with Crippen LogP contribution in [0.15, 0.2) is 0 Å². The van der Waals surface area contributed by atoms with Gasteiger partial charge in [0.1, 0.15) is 0 Å². The van der Waals surface area contributed by atoms with Gasteiger partial charge in [0.05, 0.1) is 12.8 Å². The number of hydrogen-bond acceptors (Lipinski definition) is 4. The number of rotatable bonds is 9. The molecule has 0 rings (SSSR count). The zero-order valence-electron chi connectivity index (χ0n) is 8.79. The molecule has 0 aromatic heterocycles. The summed E-state index contributed by atoms with van der Waals surface area (Å²) in [6.45, 7) is 4.04. The molecule has 14 heavy (non-hydrogen) atoms. The van der Waals surface area contributed by atoms with Gasteiger partial charge in [0.15, 0.2) is 0 Å². The smallest absolute Gasteiger partial charge is 0.234 e. The zero-order valence-corrected chi connectivity index (χ0v) is 8.79. The standard InChI is InChI=1S/C9H21N3O2/c1-2-3-6-14-7-12-5-4-8(10)9(11)13/h8,12H,2-7,10H2,1H3,(H2,11,13). The lowest BCUT2D eigenvalue weighted by atomic mass is 10.2. The van der Waals surface area contributed by atoms with Crippen LogP contribution in [0.1, 0.15) is 26.2 Å². The van der Waals surface area contributed by atoms with Crippen molar-refractivity contribution in [1.29, 1.82) is 0 Å². The predicted molar refractivity (Wildman–Crippen MR) is 55.5 cm³/mol. The minimum Gasteiger partial charge on any atom is -0.368 e. The van der Waals surface area contributed by atoms with Crippen LogP contribution in [0.25, 0.3) is 0 Å². The number of hydrogen-bond donors (Lipinski definition) is 3. The number of nitrogens with one attached hydrogen (secondary N) is 1. The molecule has 5 heteroatoms. The maximum Gasteiger partial charge on any atom is 0.234 e. The number of carbonyl (C=O) groups excluding carboxylic acids is 1. The molecule has 5 nitrogen and oxygen atoms in total. The zero-order chi connectivity index (χ0) is 10.8. The molecular weight excluding hydrogens is 182 g/mol. The molecule has 1 atom stereocenters. The molecule has 0 aliphatic carbocycles. The Hall–Kier alpha value is -0.650. The first-order valence-corrected chi connectivity index (χ1v) is 5.01. The van der Waals surface area contributed by atoms with E-state index in [4.69, 9.17) is 16.2 Å². The highest BCUT2D eigenvalue weighted by Crippen LogP contribution is 1.87. The van der Waals surface area contributed by atoms with Gasteiger partial charge in [0.2, 0.25) is 5.91 Å². The predicted octanol–water partition coefficient (Wildman–Crippen LogP) is -0.447. The van der Waals surface area contributed by atoms with Crippen molar-refractivity contribution in [2.75, 3.05) is 19.9 Å². The molecule has 1 unspecified atom stereocenters. The van der Waals surface area contributed by atoms with Crippen molar-refractivity contribution >= 4 is 5.91 Å². The maximum atomic E-state index is 10.5. The third-order valence-electron chi connectivity index (χ3n) is 1.84. The molecule has 0 aliphatic heterocycles. The highest BCUT2D eigenvalue weighted by Gasteiger charge is 2.07. The molecule has 0 aliphatic rings. The molecule has 0 spiro atoms. The van der Waals surface area contributed by atoms with Crippen LogP contribution in [0.5, 0.6) is 0 Å². The first kappa shape index (κ1) is 13.4. The Balaban J connectivity index is 3.09. The van der Waals surface area contributed by atoms with Crippen LogP contribution >= 0.6 is 0 Å². The minimum atomic E-state index is -0.557. The van der Waals surface area contributed by atoms with Gasteiger partial charge in [-0.25, -0.2) is 0 Å². The molecular formula is C9H21N3O2. The first-order chi connectivity index (χ1) is 6.68. The fourth-order valence-corrected chi connectivity index (χ4v) is 0.863. The van der Waals surface area contributed by atoms with Crippen molar-refractivity contribution in [2.24, 2.45) is 11.5 Å². The van der Waals surface area contributed by atoms with E-state index in [1.807, 2.05) is 0 Å². The SMILES string of the molecule is CCCCOCNCCC(N)C(N)=O. The molecule has 5 N–H and O–H groups in total. The topological polar surface area (TPSA) is 90.4 Å². The van der Waals surface area contributed by atoms with E-state index in [-0.39, 0.29) is 0 Å². The molecule has 0 saturated heterocycles. The summed E-state index contributed by atoms with van der Waals surface area (Å²) >= 11 is 0. The summed E-state index contributed by atoms with van der Waals surface area (Å²) in [5.74, 6) is -0.460. The van der Waals surface area contributed by atoms with Gasteiger partial charge in [-0.2, -0.15) is 0 Å². The van der Waals surface area contributed by atoms with Gasteiger partial charge >= 0.3 is 0 Å². The number of primary amides is 1. The molecule has 0 aromatic carbocycles. The van der Waals surface area contributed by atoms with Crippen LogP contribution in [0.3, 0.4) is 0 Å². The Morgan fingerprint density at radius 2 is 2.29 bits per heavy atom. The van der Waals surface area contributed by atoms with Crippen molar-refractivity contribution in [1.82, 2.24) is 5.32 Å². The van der Waals surface area contributed by atoms with E-state index in [0.717, 1.165) is 19.4 Å². The summed E-state index contributed by atoms with van der Waals surface area (Å²) in [5.41, 5.74) is 10.4. The first-order valence-electron chi connectivity index (χ1n) is 5.01. The second kappa shape index (κ2) is 8.93. The average molecular weight is 203 g/mol. The molecule has 0 heterocycles. The van der Waals surface area contributed by atoms with E-state index in [0.29, 0.717) is 19.7 Å². The number of ether oxygens (including phenoxy) is 1. The lowest BCUT2D eigenvalue weighted by molar-refractivity contribution is -0.119. The Bertz CT molecular complexity index is 153. The van der Waals surface area contributed by atoms with Crippen molar-refractivity contribution in [2.45, 2.75) is 32.2 Å². The largest absolute Gasteiger partial charge is 0.368 e. The van der Waals surface area contributed by atoms with Gasteiger partial charge in [-0.3, -0.25) is 10.1 Å². The van der Waals surface area contributed by atoms with Crippen LogP contribution in [-0.4, -0.2) is 31.8 Å². The third-order valence-corrected chi connectivity index (χ3v) is 1.84. The second-order valence-corrected chi connectivity index (χ2v) is 3.20. The van der Waals surface area contributed by atoms with Crippen molar-refractivity contribution < 1.29 is 9.53 Å². The fourth-order valence-electron chi connectivity index (χ4n) is 0.863. The number of carbonyl (C=O) groups is 1. The van der Waals surface area contributed by atoms with Gasteiger partial charge in [-0.1, -0.05) is 13.3 Å². The Morgan fingerprint density at radius 1 is 1.57 bits per heavy atom. The van der Waals surface area contributed by atoms with Gasteiger partial charge in [-0.05, 0) is 19.4 Å². The summed E-state index contributed by atoms with van der Waals surface area (Å²) in [6.07, 6.45) is 2.75. The van der Waals surface area contributed by atoms with Crippen molar-refractivity contribution in [3.8, 4) is 0 Å². The van der Waals surface area contributed by atoms with Crippen molar-refractivity contribution in [3.05, 3.63) is 0 Å². The fraction of sp³-hybridized carbons (Fsp3) is 0.889. The van der Waals surface area contributed by atoms with E-state index in [1.54, 1.807) is 0 Å². The summed E-state index contributed by atoms with van der Waals surface area (Å²) in [4.78, 5) is 10.5. The van der Waals surface area contributed by atoms with Crippen LogP contribution in [0.4, 0.5) is 0 Å². The summed E-state index contributed by atoms with van der Waals surface area (Å²) in [7, 11) is 0. The minimum absolute atomic E-state index is 0.460. The average Bonchev–Trinajstić information content (AvgIpc) is 2.16. The summed E-state index contributed by atoms with van der Waals surface area (Å²) < 4.78 is 5.25. The molecule has 1 amide bonds. The monoisotopic (exact) mass is 203 g/mol. The highest BCUT2D eigenvalue weighted by molar-refractivity contribution is 5.79. The molecule has 84 valence electrons. The number of amides is 1. The van der Waals surface area contributed by atoms with Crippen LogP contribution in [0.2, 0.25) is 0 Å². The van der Waals surface area contributed by atoms with E-state index in [9.17, 15) is 4.79 Å². The summed E-state index contributed by atoms with van der Waals surface area (Å²) in [5, 5.41) is 3.02. The lowest BCUT2D eigenvalue weighted by Crippen LogP contribution is -2.39. The van der Waals surface area contributed by atoms with E-state index in [2.05, 4.69) is 12.2 Å². The van der Waals surface area contributed by atoms with Gasteiger partial charge < -0.3 is 16.2 Å². The third kappa shape index (κ3) is 7.97. The summed E-state index contributed by atoms with van der Waals surface area (Å²) in [6, 6.07) is -0.557. The van der Waals surface area contributed by atoms with Crippen LogP contribution < -0.4 is 16.8 Å². The Morgan fingerprint density at radius 3 is 2.86 bits per heavy atom. The lowest BCUT2D eigenvalue weighted by Gasteiger charge is -2.08. The second-order valence-electron chi connectivity index (χ2n) is 3.20. The normalized spacial score (nSPS) is 12.7. The molecule has 0 fully saturated rings. The Labute approximate surface area is 85.2 Å². The quantitative estimate of drug-likeness (QED) is 0.350. The molecule has 0 radical (unpaired) electrons. The van der Waals surface area contributed by atoms with Gasteiger partial charge in [-0.15, -0.1) is 0 Å². The van der Waals surface area contributed by atoms with E-state index < -0.39 is 11.9 Å². The maximum absolute atomic E-state index is 10.5. The van der Waals surface area contributed by atoms with E-state index >= 15 is 0 Å². The van der Waals surface area contributed by atoms with Gasteiger partial charge in [0.25, 0.3) is 0 Å². The number of nitrogens with two attached hydrogens (primary N) is 2. The van der Waals surface area contributed by atoms with Crippen molar-refractivity contribution in [3.63, 3.8) is 0 Å². The molecule has 0 saturated carbocycles. The number of unbranched alkanes of at least 4 members (excludes halogenated alkanes) is 1. The van der Waals surface area contributed by atoms with Gasteiger partial charge in [0, 0.05) is 6.61 Å². The Kier molecular flexibility index (Phi) is 8.51.